The van der Waals surface area contributed by atoms with Crippen LogP contribution in [0.15, 0.2) is 0 Å². The van der Waals surface area contributed by atoms with E-state index in [0.29, 0.717) is 37.5 Å². The molecule has 95 heavy (non-hydrogen) atoms. The Bertz CT molecular complexity index is 1850. The van der Waals surface area contributed by atoms with Gasteiger partial charge in [0, 0.05) is 25.7 Å². The molecule has 0 saturated carbocycles. The second kappa shape index (κ2) is 66.6. The van der Waals surface area contributed by atoms with Crippen molar-refractivity contribution < 1.29 is 80.2 Å². The van der Waals surface area contributed by atoms with Gasteiger partial charge in [0.1, 0.15) is 19.3 Å². The highest BCUT2D eigenvalue weighted by Crippen LogP contribution is 2.45. The van der Waals surface area contributed by atoms with Crippen molar-refractivity contribution in [3.05, 3.63) is 0 Å². The Morgan fingerprint density at radius 3 is 0.716 bits per heavy atom. The lowest BCUT2D eigenvalue weighted by Crippen LogP contribution is -2.30. The molecular formula is C76H148O17P2. The number of unbranched alkanes of at least 4 members (excludes halogenated alkanes) is 42. The van der Waals surface area contributed by atoms with E-state index in [2.05, 4.69) is 48.5 Å². The number of carbonyl (C=O) groups is 4. The highest BCUT2D eigenvalue weighted by molar-refractivity contribution is 7.47. The Morgan fingerprint density at radius 1 is 0.284 bits per heavy atom. The molecule has 564 valence electrons. The van der Waals surface area contributed by atoms with E-state index in [1.807, 2.05) is 0 Å². The second-order valence-corrected chi connectivity index (χ2v) is 31.7. The smallest absolute Gasteiger partial charge is 0.462 e. The molecule has 0 aromatic heterocycles. The second-order valence-electron chi connectivity index (χ2n) is 28.8. The number of phosphoric acid groups is 2. The molecule has 0 aromatic rings. The maximum absolute atomic E-state index is 13.1. The Labute approximate surface area is 581 Å². The number of phosphoric ester groups is 2. The minimum atomic E-state index is -4.96. The Hall–Kier alpha value is -1.94. The number of aliphatic hydroxyl groups excluding tert-OH is 1. The number of hydrogen-bond donors (Lipinski definition) is 3. The van der Waals surface area contributed by atoms with Gasteiger partial charge in [0.15, 0.2) is 12.2 Å². The number of esters is 4. The molecule has 0 rings (SSSR count). The van der Waals surface area contributed by atoms with E-state index in [9.17, 15) is 43.2 Å². The van der Waals surface area contributed by atoms with E-state index in [-0.39, 0.29) is 25.7 Å². The third-order valence-electron chi connectivity index (χ3n) is 17.6. The van der Waals surface area contributed by atoms with Gasteiger partial charge in [-0.15, -0.1) is 0 Å². The van der Waals surface area contributed by atoms with Crippen LogP contribution in [0.5, 0.6) is 0 Å². The fourth-order valence-electron chi connectivity index (χ4n) is 11.6. The molecule has 2 unspecified atom stereocenters. The van der Waals surface area contributed by atoms with Crippen LogP contribution >= 0.6 is 15.6 Å². The van der Waals surface area contributed by atoms with Crippen LogP contribution in [-0.4, -0.2) is 96.7 Å². The van der Waals surface area contributed by atoms with Crippen molar-refractivity contribution in [3.63, 3.8) is 0 Å². The molecule has 0 radical (unpaired) electrons. The van der Waals surface area contributed by atoms with Crippen molar-refractivity contribution in [1.82, 2.24) is 0 Å². The van der Waals surface area contributed by atoms with Crippen LogP contribution in [0.2, 0.25) is 0 Å². The lowest BCUT2D eigenvalue weighted by atomic mass is 10.0. The third kappa shape index (κ3) is 70.3. The third-order valence-corrected chi connectivity index (χ3v) is 19.5. The predicted molar refractivity (Wildman–Crippen MR) is 386 cm³/mol. The largest absolute Gasteiger partial charge is 0.472 e. The monoisotopic (exact) mass is 1400 g/mol. The van der Waals surface area contributed by atoms with Gasteiger partial charge >= 0.3 is 39.5 Å². The topological polar surface area (TPSA) is 237 Å². The molecule has 0 fully saturated rings. The molecule has 0 heterocycles. The summed E-state index contributed by atoms with van der Waals surface area (Å²) in [6.45, 7) is 11.8. The van der Waals surface area contributed by atoms with Crippen molar-refractivity contribution in [2.24, 2.45) is 17.8 Å². The van der Waals surface area contributed by atoms with E-state index in [1.165, 1.54) is 193 Å². The van der Waals surface area contributed by atoms with Crippen molar-refractivity contribution >= 4 is 39.5 Å². The molecule has 0 aromatic carbocycles. The summed E-state index contributed by atoms with van der Waals surface area (Å²) < 4.78 is 68.4. The quantitative estimate of drug-likeness (QED) is 0.0222. The van der Waals surface area contributed by atoms with Crippen molar-refractivity contribution in [1.29, 1.82) is 0 Å². The first kappa shape index (κ1) is 93.1. The van der Waals surface area contributed by atoms with E-state index in [1.54, 1.807) is 0 Å². The fourth-order valence-corrected chi connectivity index (χ4v) is 13.2. The number of hydrogen-bond acceptors (Lipinski definition) is 15. The predicted octanol–water partition coefficient (Wildman–Crippen LogP) is 22.2. The Balaban J connectivity index is 5.19. The number of ether oxygens (including phenoxy) is 4. The van der Waals surface area contributed by atoms with Crippen LogP contribution in [0, 0.1) is 17.8 Å². The average Bonchev–Trinajstić information content (AvgIpc) is 2.24. The first-order chi connectivity index (χ1) is 45.7. The number of aliphatic hydroxyl groups is 1. The van der Waals surface area contributed by atoms with Gasteiger partial charge in [0.2, 0.25) is 0 Å². The summed E-state index contributed by atoms with van der Waals surface area (Å²) in [5, 5.41) is 10.6. The molecule has 19 heteroatoms. The minimum Gasteiger partial charge on any atom is -0.462 e. The molecule has 5 atom stereocenters. The summed E-state index contributed by atoms with van der Waals surface area (Å²) in [5.41, 5.74) is 0. The van der Waals surface area contributed by atoms with E-state index < -0.39 is 97.5 Å². The molecule has 3 N–H and O–H groups in total. The van der Waals surface area contributed by atoms with Crippen LogP contribution in [0.1, 0.15) is 389 Å². The highest BCUT2D eigenvalue weighted by Gasteiger charge is 2.30. The summed E-state index contributed by atoms with van der Waals surface area (Å²) in [4.78, 5) is 72.7. The van der Waals surface area contributed by atoms with Gasteiger partial charge in [0.25, 0.3) is 0 Å². The van der Waals surface area contributed by atoms with Gasteiger partial charge in [0.05, 0.1) is 26.4 Å². The summed E-state index contributed by atoms with van der Waals surface area (Å²) >= 11 is 0. The van der Waals surface area contributed by atoms with Gasteiger partial charge in [-0.3, -0.25) is 37.3 Å². The van der Waals surface area contributed by atoms with Crippen molar-refractivity contribution in [2.45, 2.75) is 407 Å². The van der Waals surface area contributed by atoms with Crippen molar-refractivity contribution in [3.8, 4) is 0 Å². The standard InChI is InChI=1S/C76H148O17P2/c1-8-9-10-11-12-13-14-15-16-17-18-19-20-21-22-23-26-30-37-45-52-59-75(80)92-71(63-86-73(78)57-50-43-36-29-27-24-25-28-33-40-47-54-67(2)3)65-90-94(82,83)88-61-70(77)62-89-95(84,85)91-66-72(93-76(81)60-53-46-39-32-35-42-49-56-69(6)7)64-87-74(79)58-51-44-38-31-34-41-48-55-68(4)5/h67-72,77H,8-66H2,1-7H3,(H,82,83)(H,84,85)/t70-,71-,72-/m1/s1. The fraction of sp³-hybridized carbons (Fsp3) is 0.947. The Morgan fingerprint density at radius 2 is 0.484 bits per heavy atom. The molecule has 0 bridgehead atoms. The minimum absolute atomic E-state index is 0.103. The van der Waals surface area contributed by atoms with E-state index in [0.717, 1.165) is 102 Å². The van der Waals surface area contributed by atoms with E-state index in [4.69, 9.17) is 37.0 Å². The Kier molecular flexibility index (Phi) is 65.2. The molecule has 0 aliphatic rings. The molecular weight excluding hydrogens is 1250 g/mol. The van der Waals surface area contributed by atoms with E-state index >= 15 is 0 Å². The summed E-state index contributed by atoms with van der Waals surface area (Å²) in [5.74, 6) is 0.0487. The normalized spacial score (nSPS) is 14.1. The zero-order chi connectivity index (χ0) is 70.1. The van der Waals surface area contributed by atoms with Gasteiger partial charge < -0.3 is 33.8 Å². The van der Waals surface area contributed by atoms with Crippen LogP contribution in [0.4, 0.5) is 0 Å². The molecule has 0 aliphatic carbocycles. The van der Waals surface area contributed by atoms with Crippen LogP contribution < -0.4 is 0 Å². The first-order valence-corrected chi connectivity index (χ1v) is 42.3. The summed E-state index contributed by atoms with van der Waals surface area (Å²) in [6.07, 6.45) is 53.1. The van der Waals surface area contributed by atoms with Gasteiger partial charge in [-0.05, 0) is 43.4 Å². The highest BCUT2D eigenvalue weighted by atomic mass is 31.2. The first-order valence-electron chi connectivity index (χ1n) is 39.3. The SMILES string of the molecule is CCCCCCCCCCCCCCCCCCCCCCCC(=O)O[C@H](COC(=O)CCCCCCCCCCCCCC(C)C)COP(=O)(O)OC[C@@H](O)COP(=O)(O)OC[C@@H](COC(=O)CCCCCCCCCC(C)C)OC(=O)CCCCCCCCCC(C)C. The number of carbonyl (C=O) groups excluding carboxylic acids is 4. The summed E-state index contributed by atoms with van der Waals surface area (Å²) in [6, 6.07) is 0. The van der Waals surface area contributed by atoms with Crippen LogP contribution in [-0.2, 0) is 65.4 Å². The lowest BCUT2D eigenvalue weighted by molar-refractivity contribution is -0.161. The van der Waals surface area contributed by atoms with Crippen molar-refractivity contribution in [2.75, 3.05) is 39.6 Å². The summed E-state index contributed by atoms with van der Waals surface area (Å²) in [7, 11) is -9.91. The molecule has 0 amide bonds. The maximum atomic E-state index is 13.1. The van der Waals surface area contributed by atoms with Gasteiger partial charge in [-0.2, -0.15) is 0 Å². The van der Waals surface area contributed by atoms with Crippen LogP contribution in [0.3, 0.4) is 0 Å². The molecule has 0 spiro atoms. The lowest BCUT2D eigenvalue weighted by Gasteiger charge is -2.21. The van der Waals surface area contributed by atoms with Gasteiger partial charge in [-0.1, -0.05) is 337 Å². The maximum Gasteiger partial charge on any atom is 0.472 e. The number of rotatable bonds is 74. The van der Waals surface area contributed by atoms with Crippen LogP contribution in [0.25, 0.3) is 0 Å². The van der Waals surface area contributed by atoms with Gasteiger partial charge in [-0.25, -0.2) is 9.13 Å². The zero-order valence-corrected chi connectivity index (χ0v) is 63.9. The molecule has 0 aliphatic heterocycles. The average molecular weight is 1400 g/mol. The zero-order valence-electron chi connectivity index (χ0n) is 62.1. The molecule has 17 nitrogen and oxygen atoms in total. The molecule has 0 saturated heterocycles.